The first-order valence-electron chi connectivity index (χ1n) is 14.3. The Bertz CT molecular complexity index is 1030. The number of carbonyl (C=O) groups is 2. The molecule has 3 aliphatic heterocycles. The number of carbonyl (C=O) groups excluding carboxylic acids is 2. The predicted octanol–water partition coefficient (Wildman–Crippen LogP) is 2.91. The summed E-state index contributed by atoms with van der Waals surface area (Å²) >= 11 is 0. The molecule has 0 aromatic carbocycles. The van der Waals surface area contributed by atoms with Gasteiger partial charge in [0.2, 0.25) is 11.8 Å². The molecule has 8 nitrogen and oxygen atoms in total. The Labute approximate surface area is 227 Å². The van der Waals surface area contributed by atoms with Gasteiger partial charge < -0.3 is 15.1 Å². The number of piperazine rings is 2. The lowest BCUT2D eigenvalue weighted by Crippen LogP contribution is -2.63. The van der Waals surface area contributed by atoms with E-state index in [1.54, 1.807) is 20.0 Å². The number of amides is 2. The average Bonchev–Trinajstić information content (AvgIpc) is 3.12. The van der Waals surface area contributed by atoms with E-state index in [1.807, 2.05) is 22.8 Å². The lowest BCUT2D eigenvalue weighted by molar-refractivity contribution is -0.132. The van der Waals surface area contributed by atoms with Gasteiger partial charge in [-0.05, 0) is 33.3 Å². The Morgan fingerprint density at radius 2 is 1.95 bits per heavy atom. The number of nitrogens with zero attached hydrogens (tertiary/aromatic N) is 5. The highest BCUT2D eigenvalue weighted by Crippen LogP contribution is 2.42. The van der Waals surface area contributed by atoms with Gasteiger partial charge >= 0.3 is 0 Å². The van der Waals surface area contributed by atoms with E-state index in [9.17, 15) is 9.59 Å². The summed E-state index contributed by atoms with van der Waals surface area (Å²) in [6.45, 7) is 19.5. The summed E-state index contributed by atoms with van der Waals surface area (Å²) in [5.41, 5.74) is 0.451. The fourth-order valence-corrected chi connectivity index (χ4v) is 6.35. The zero-order valence-corrected chi connectivity index (χ0v) is 24.4. The summed E-state index contributed by atoms with van der Waals surface area (Å²) in [4.78, 5) is 38.7. The zero-order valence-electron chi connectivity index (χ0n) is 24.4. The van der Waals surface area contributed by atoms with Crippen molar-refractivity contribution < 1.29 is 14.0 Å². The fraction of sp³-hybridized carbons (Fsp3) is 0.759. The van der Waals surface area contributed by atoms with Gasteiger partial charge in [-0.3, -0.25) is 24.4 Å². The van der Waals surface area contributed by atoms with Crippen molar-refractivity contribution in [2.24, 2.45) is 0 Å². The molecular formula is C29H47FN6O2. The van der Waals surface area contributed by atoms with Crippen molar-refractivity contribution >= 4 is 17.5 Å². The smallest absolute Gasteiger partial charge is 0.241 e. The molecule has 0 spiro atoms. The third-order valence-corrected chi connectivity index (χ3v) is 8.73. The summed E-state index contributed by atoms with van der Waals surface area (Å²) in [6, 6.07) is 2.58. The Morgan fingerprint density at radius 1 is 1.21 bits per heavy atom. The first-order valence-corrected chi connectivity index (χ1v) is 14.3. The van der Waals surface area contributed by atoms with Gasteiger partial charge in [0, 0.05) is 88.0 Å². The summed E-state index contributed by atoms with van der Waals surface area (Å²) in [6.07, 6.45) is 2.91. The highest BCUT2D eigenvalue weighted by Gasteiger charge is 2.41. The lowest BCUT2D eigenvalue weighted by atomic mass is 9.87. The highest BCUT2D eigenvalue weighted by atomic mass is 19.1. The third kappa shape index (κ3) is 6.05. The van der Waals surface area contributed by atoms with Crippen LogP contribution >= 0.6 is 0 Å². The number of anilines is 1. The highest BCUT2D eigenvalue weighted by molar-refractivity contribution is 5.97. The maximum atomic E-state index is 15.4. The van der Waals surface area contributed by atoms with Crippen molar-refractivity contribution in [1.29, 1.82) is 0 Å². The van der Waals surface area contributed by atoms with Gasteiger partial charge in [0.05, 0.1) is 17.9 Å². The minimum absolute atomic E-state index is 0.0542. The minimum atomic E-state index is -1.52. The molecule has 2 fully saturated rings. The second-order valence-electron chi connectivity index (χ2n) is 12.6. The maximum absolute atomic E-state index is 15.4. The molecule has 4 atom stereocenters. The van der Waals surface area contributed by atoms with Crippen LogP contribution in [0.25, 0.3) is 0 Å². The van der Waals surface area contributed by atoms with Crippen LogP contribution in [0.2, 0.25) is 0 Å². The van der Waals surface area contributed by atoms with Crippen molar-refractivity contribution in [3.63, 3.8) is 0 Å². The number of alkyl halides is 1. The minimum Gasteiger partial charge on any atom is -0.340 e. The van der Waals surface area contributed by atoms with Gasteiger partial charge in [-0.1, -0.05) is 27.2 Å². The Morgan fingerprint density at radius 3 is 2.61 bits per heavy atom. The molecular weight excluding hydrogens is 483 g/mol. The van der Waals surface area contributed by atoms with Crippen molar-refractivity contribution in [1.82, 2.24) is 25.0 Å². The van der Waals surface area contributed by atoms with E-state index in [-0.39, 0.29) is 29.3 Å². The van der Waals surface area contributed by atoms with Crippen LogP contribution in [0.5, 0.6) is 0 Å². The normalized spacial score (nSPS) is 27.7. The number of hydrogen-bond acceptors (Lipinski definition) is 6. The van der Waals surface area contributed by atoms with Crippen LogP contribution in [-0.2, 0) is 20.7 Å². The van der Waals surface area contributed by atoms with Crippen molar-refractivity contribution in [3.05, 3.63) is 23.5 Å². The van der Waals surface area contributed by atoms with Crippen LogP contribution in [0.4, 0.5) is 10.1 Å². The van der Waals surface area contributed by atoms with Crippen LogP contribution in [0.15, 0.2) is 12.3 Å². The molecule has 4 heterocycles. The van der Waals surface area contributed by atoms with Crippen molar-refractivity contribution in [2.75, 3.05) is 57.3 Å². The van der Waals surface area contributed by atoms with Crippen LogP contribution < -0.4 is 10.2 Å². The first-order chi connectivity index (χ1) is 17.8. The SMILES string of the molecule is CCCC(C)(F)c1cc2c(cn1)C(C)(C)CN2C(=O)CN1C[C@@H](C)NC[C@@H]1CN1CCN(C(C)=O)C[C@H]1C. The van der Waals surface area contributed by atoms with E-state index in [4.69, 9.17) is 0 Å². The number of halogens is 1. The van der Waals surface area contributed by atoms with Gasteiger partial charge in [0.15, 0.2) is 0 Å². The van der Waals surface area contributed by atoms with Crippen molar-refractivity contribution in [3.8, 4) is 0 Å². The molecule has 2 saturated heterocycles. The van der Waals surface area contributed by atoms with E-state index >= 15 is 4.39 Å². The van der Waals surface area contributed by atoms with Crippen LogP contribution in [0.1, 0.15) is 72.6 Å². The van der Waals surface area contributed by atoms with Crippen LogP contribution in [0.3, 0.4) is 0 Å². The molecule has 1 aromatic heterocycles. The Hall–Kier alpha value is -2.10. The summed E-state index contributed by atoms with van der Waals surface area (Å²) < 4.78 is 15.4. The number of fused-ring (bicyclic) bond motifs is 1. The number of nitrogens with one attached hydrogen (secondary N) is 1. The number of rotatable bonds is 7. The molecule has 2 amide bonds. The second kappa shape index (κ2) is 11.2. The molecule has 38 heavy (non-hydrogen) atoms. The van der Waals surface area contributed by atoms with Crippen LogP contribution in [0, 0.1) is 0 Å². The van der Waals surface area contributed by atoms with Gasteiger partial charge in [-0.25, -0.2) is 4.39 Å². The molecule has 0 bridgehead atoms. The van der Waals surface area contributed by atoms with E-state index in [0.717, 1.165) is 56.9 Å². The molecule has 0 aliphatic carbocycles. The average molecular weight is 531 g/mol. The summed E-state index contributed by atoms with van der Waals surface area (Å²) in [5, 5.41) is 3.59. The fourth-order valence-electron chi connectivity index (χ4n) is 6.35. The molecule has 0 saturated carbocycles. The molecule has 3 aliphatic rings. The standard InChI is InChI=1S/C29H47FN6O2/c1-8-9-29(7,30)26-12-25-24(14-32-26)28(5,6)19-36(25)27(38)18-35-15-20(2)31-13-23(35)17-33-10-11-34(22(4)37)16-21(33)3/h12,14,20-21,23,31H,8-11,13,15-19H2,1-7H3/t20-,21-,23-,29?/m1/s1. The summed E-state index contributed by atoms with van der Waals surface area (Å²) in [5.74, 6) is 0.186. The van der Waals surface area contributed by atoms with Gasteiger partial charge in [-0.15, -0.1) is 0 Å². The zero-order chi connectivity index (χ0) is 27.8. The largest absolute Gasteiger partial charge is 0.340 e. The maximum Gasteiger partial charge on any atom is 0.241 e. The van der Waals surface area contributed by atoms with Gasteiger partial charge in [0.25, 0.3) is 0 Å². The number of hydrogen-bond donors (Lipinski definition) is 1. The molecule has 1 aromatic rings. The molecule has 212 valence electrons. The third-order valence-electron chi connectivity index (χ3n) is 8.73. The number of aromatic nitrogens is 1. The van der Waals surface area contributed by atoms with E-state index in [2.05, 4.69) is 47.8 Å². The molecule has 0 radical (unpaired) electrons. The quantitative estimate of drug-likeness (QED) is 0.585. The topological polar surface area (TPSA) is 72.0 Å². The van der Waals surface area contributed by atoms with Gasteiger partial charge in [-0.2, -0.15) is 0 Å². The van der Waals surface area contributed by atoms with E-state index < -0.39 is 5.67 Å². The van der Waals surface area contributed by atoms with E-state index in [0.29, 0.717) is 31.2 Å². The molecule has 1 unspecified atom stereocenters. The van der Waals surface area contributed by atoms with Crippen LogP contribution in [-0.4, -0.2) is 102 Å². The second-order valence-corrected chi connectivity index (χ2v) is 12.6. The first kappa shape index (κ1) is 28.9. The van der Waals surface area contributed by atoms with Gasteiger partial charge in [0.1, 0.15) is 5.67 Å². The van der Waals surface area contributed by atoms with Crippen molar-refractivity contribution in [2.45, 2.75) is 90.5 Å². The Balaban J connectivity index is 1.50. The Kier molecular flexibility index (Phi) is 8.50. The lowest BCUT2D eigenvalue weighted by Gasteiger charge is -2.45. The predicted molar refractivity (Wildman–Crippen MR) is 149 cm³/mol. The molecule has 9 heteroatoms. The summed E-state index contributed by atoms with van der Waals surface area (Å²) in [7, 11) is 0. The monoisotopic (exact) mass is 530 g/mol. The molecule has 1 N–H and O–H groups in total. The number of pyridine rings is 1. The molecule has 4 rings (SSSR count). The van der Waals surface area contributed by atoms with E-state index in [1.165, 1.54) is 0 Å².